The third-order valence-corrected chi connectivity index (χ3v) is 3.40. The quantitative estimate of drug-likeness (QED) is 0.672. The van der Waals surface area contributed by atoms with Gasteiger partial charge in [-0.05, 0) is 42.5 Å². The number of nitrogens with zero attached hydrogens (tertiary/aromatic N) is 1. The standard InChI is InChI=1S/C13H12N2S/c1-8-5-9(2)12-11(6-8)14-13(15-12)10-3-4-16-7-10/h3-7H,1-2H3,(H,14,15). The zero-order valence-electron chi connectivity index (χ0n) is 9.24. The number of nitrogens with one attached hydrogen (secondary N) is 1. The average Bonchev–Trinajstić information content (AvgIpc) is 2.82. The van der Waals surface area contributed by atoms with Gasteiger partial charge in [0.05, 0.1) is 11.0 Å². The first kappa shape index (κ1) is 9.60. The third-order valence-electron chi connectivity index (χ3n) is 2.72. The van der Waals surface area contributed by atoms with E-state index in [1.807, 2.05) is 0 Å². The van der Waals surface area contributed by atoms with E-state index in [1.165, 1.54) is 16.7 Å². The van der Waals surface area contributed by atoms with Crippen molar-refractivity contribution in [2.45, 2.75) is 13.8 Å². The number of hydrogen-bond donors (Lipinski definition) is 1. The van der Waals surface area contributed by atoms with Gasteiger partial charge in [-0.1, -0.05) is 6.07 Å². The minimum atomic E-state index is 0.963. The number of H-pyrrole nitrogens is 1. The van der Waals surface area contributed by atoms with Gasteiger partial charge < -0.3 is 4.98 Å². The zero-order chi connectivity index (χ0) is 11.1. The second-order valence-electron chi connectivity index (χ2n) is 4.08. The molecule has 3 heteroatoms. The molecule has 2 heterocycles. The van der Waals surface area contributed by atoms with Crippen LogP contribution in [0.5, 0.6) is 0 Å². The van der Waals surface area contributed by atoms with Gasteiger partial charge in [0.25, 0.3) is 0 Å². The van der Waals surface area contributed by atoms with Crippen LogP contribution in [0.2, 0.25) is 0 Å². The molecule has 0 atom stereocenters. The molecule has 2 aromatic heterocycles. The molecule has 16 heavy (non-hydrogen) atoms. The van der Waals surface area contributed by atoms with Crippen molar-refractivity contribution in [3.63, 3.8) is 0 Å². The molecule has 0 spiro atoms. The van der Waals surface area contributed by atoms with Gasteiger partial charge in [-0.25, -0.2) is 4.98 Å². The van der Waals surface area contributed by atoms with Crippen LogP contribution in [0.4, 0.5) is 0 Å². The maximum absolute atomic E-state index is 4.65. The molecule has 0 bridgehead atoms. The Kier molecular flexibility index (Phi) is 2.07. The van der Waals surface area contributed by atoms with Crippen LogP contribution < -0.4 is 0 Å². The van der Waals surface area contributed by atoms with E-state index < -0.39 is 0 Å². The Labute approximate surface area is 98.0 Å². The number of benzene rings is 1. The molecule has 0 saturated heterocycles. The predicted molar refractivity (Wildman–Crippen MR) is 68.9 cm³/mol. The summed E-state index contributed by atoms with van der Waals surface area (Å²) in [5, 5.41) is 4.18. The van der Waals surface area contributed by atoms with E-state index >= 15 is 0 Å². The highest BCUT2D eigenvalue weighted by Crippen LogP contribution is 2.24. The van der Waals surface area contributed by atoms with Crippen LogP contribution in [0.3, 0.4) is 0 Å². The summed E-state index contributed by atoms with van der Waals surface area (Å²) < 4.78 is 0. The van der Waals surface area contributed by atoms with E-state index in [0.29, 0.717) is 0 Å². The lowest BCUT2D eigenvalue weighted by Crippen LogP contribution is -1.79. The van der Waals surface area contributed by atoms with Gasteiger partial charge in [0.15, 0.2) is 0 Å². The summed E-state index contributed by atoms with van der Waals surface area (Å²) in [6, 6.07) is 6.40. The monoisotopic (exact) mass is 228 g/mol. The summed E-state index contributed by atoms with van der Waals surface area (Å²) in [4.78, 5) is 8.02. The molecular weight excluding hydrogens is 216 g/mol. The summed E-state index contributed by atoms with van der Waals surface area (Å²) in [6.45, 7) is 4.21. The SMILES string of the molecule is Cc1cc(C)c2nc(-c3ccsc3)[nH]c2c1. The highest BCUT2D eigenvalue weighted by Gasteiger charge is 2.07. The van der Waals surface area contributed by atoms with E-state index in [9.17, 15) is 0 Å². The Morgan fingerprint density at radius 2 is 2.12 bits per heavy atom. The van der Waals surface area contributed by atoms with Crippen LogP contribution in [-0.2, 0) is 0 Å². The Balaban J connectivity index is 2.27. The minimum absolute atomic E-state index is 0.963. The largest absolute Gasteiger partial charge is 0.338 e. The van der Waals surface area contributed by atoms with E-state index in [1.54, 1.807) is 11.3 Å². The molecule has 0 fully saturated rings. The molecule has 80 valence electrons. The van der Waals surface area contributed by atoms with Crippen molar-refractivity contribution in [2.75, 3.05) is 0 Å². The first-order valence-corrected chi connectivity index (χ1v) is 6.18. The summed E-state index contributed by atoms with van der Waals surface area (Å²) >= 11 is 1.69. The molecule has 0 aliphatic carbocycles. The normalized spacial score (nSPS) is 11.1. The van der Waals surface area contributed by atoms with Gasteiger partial charge in [-0.15, -0.1) is 0 Å². The zero-order valence-corrected chi connectivity index (χ0v) is 10.1. The summed E-state index contributed by atoms with van der Waals surface area (Å²) in [7, 11) is 0. The van der Waals surface area contributed by atoms with Gasteiger partial charge in [-0.2, -0.15) is 11.3 Å². The smallest absolute Gasteiger partial charge is 0.139 e. The summed E-state index contributed by atoms with van der Waals surface area (Å²) in [5.41, 5.74) is 5.86. The Morgan fingerprint density at radius 1 is 1.25 bits per heavy atom. The lowest BCUT2D eigenvalue weighted by atomic mass is 10.1. The number of aryl methyl sites for hydroxylation is 2. The molecular formula is C13H12N2S. The lowest BCUT2D eigenvalue weighted by Gasteiger charge is -1.96. The highest BCUT2D eigenvalue weighted by molar-refractivity contribution is 7.08. The van der Waals surface area contributed by atoms with Crippen LogP contribution in [0.1, 0.15) is 11.1 Å². The molecule has 0 aliphatic rings. The predicted octanol–water partition coefficient (Wildman–Crippen LogP) is 3.91. The second kappa shape index (κ2) is 3.46. The Morgan fingerprint density at radius 3 is 2.88 bits per heavy atom. The van der Waals surface area contributed by atoms with Gasteiger partial charge in [-0.3, -0.25) is 0 Å². The molecule has 0 radical (unpaired) electrons. The molecule has 1 aromatic carbocycles. The van der Waals surface area contributed by atoms with E-state index in [-0.39, 0.29) is 0 Å². The van der Waals surface area contributed by atoms with Crippen molar-refractivity contribution >= 4 is 22.4 Å². The van der Waals surface area contributed by atoms with Crippen molar-refractivity contribution in [3.05, 3.63) is 40.1 Å². The highest BCUT2D eigenvalue weighted by atomic mass is 32.1. The number of imidazole rings is 1. The molecule has 0 aliphatic heterocycles. The van der Waals surface area contributed by atoms with Crippen LogP contribution in [0, 0.1) is 13.8 Å². The van der Waals surface area contributed by atoms with Gasteiger partial charge in [0, 0.05) is 10.9 Å². The lowest BCUT2D eigenvalue weighted by molar-refractivity contribution is 1.34. The second-order valence-corrected chi connectivity index (χ2v) is 4.86. The van der Waals surface area contributed by atoms with Crippen molar-refractivity contribution in [1.82, 2.24) is 9.97 Å². The van der Waals surface area contributed by atoms with Crippen molar-refractivity contribution < 1.29 is 0 Å². The molecule has 3 rings (SSSR count). The number of fused-ring (bicyclic) bond motifs is 1. The molecule has 0 unspecified atom stereocenters. The first-order valence-electron chi connectivity index (χ1n) is 5.23. The van der Waals surface area contributed by atoms with Crippen molar-refractivity contribution in [3.8, 4) is 11.4 Å². The van der Waals surface area contributed by atoms with Crippen molar-refractivity contribution in [1.29, 1.82) is 0 Å². The van der Waals surface area contributed by atoms with E-state index in [0.717, 1.165) is 16.9 Å². The van der Waals surface area contributed by atoms with Crippen LogP contribution in [0.15, 0.2) is 29.0 Å². The van der Waals surface area contributed by atoms with Crippen LogP contribution in [0.25, 0.3) is 22.4 Å². The summed E-state index contributed by atoms with van der Waals surface area (Å²) in [6.07, 6.45) is 0. The van der Waals surface area contributed by atoms with Gasteiger partial charge in [0.1, 0.15) is 5.82 Å². The first-order chi connectivity index (χ1) is 7.74. The Bertz CT molecular complexity index is 635. The van der Waals surface area contributed by atoms with Crippen LogP contribution in [-0.4, -0.2) is 9.97 Å². The number of rotatable bonds is 1. The fraction of sp³-hybridized carbons (Fsp3) is 0.154. The Hall–Kier alpha value is -1.61. The number of thiophene rings is 1. The third kappa shape index (κ3) is 1.44. The van der Waals surface area contributed by atoms with E-state index in [4.69, 9.17) is 0 Å². The molecule has 0 amide bonds. The number of aromatic amines is 1. The average molecular weight is 228 g/mol. The number of aromatic nitrogens is 2. The topological polar surface area (TPSA) is 28.7 Å². The minimum Gasteiger partial charge on any atom is -0.338 e. The fourth-order valence-corrected chi connectivity index (χ4v) is 2.65. The van der Waals surface area contributed by atoms with Crippen LogP contribution >= 0.6 is 11.3 Å². The van der Waals surface area contributed by atoms with E-state index in [2.05, 4.69) is 52.8 Å². The van der Waals surface area contributed by atoms with Crippen molar-refractivity contribution in [2.24, 2.45) is 0 Å². The summed E-state index contributed by atoms with van der Waals surface area (Å²) in [5.74, 6) is 0.963. The van der Waals surface area contributed by atoms with Gasteiger partial charge >= 0.3 is 0 Å². The fourth-order valence-electron chi connectivity index (χ4n) is 2.01. The molecule has 2 nitrogen and oxygen atoms in total. The molecule has 1 N–H and O–H groups in total. The maximum Gasteiger partial charge on any atom is 0.139 e. The number of hydrogen-bond acceptors (Lipinski definition) is 2. The maximum atomic E-state index is 4.65. The molecule has 3 aromatic rings. The van der Waals surface area contributed by atoms with Gasteiger partial charge in [0.2, 0.25) is 0 Å². The molecule has 0 saturated carbocycles.